The fourth-order valence-electron chi connectivity index (χ4n) is 1.62. The molecule has 0 atom stereocenters. The highest BCUT2D eigenvalue weighted by Gasteiger charge is 2.11. The van der Waals surface area contributed by atoms with Crippen LogP contribution in [0.25, 0.3) is 11.1 Å². The van der Waals surface area contributed by atoms with Crippen LogP contribution in [0.2, 0.25) is 0 Å². The third-order valence-electron chi connectivity index (χ3n) is 2.74. The van der Waals surface area contributed by atoms with Gasteiger partial charge in [-0.3, -0.25) is 0 Å². The first-order chi connectivity index (χ1) is 7.63. The van der Waals surface area contributed by atoms with Crippen LogP contribution in [-0.4, -0.2) is 18.7 Å². The number of fused-ring (bicyclic) bond motifs is 1. The molecule has 1 heterocycles. The van der Waals surface area contributed by atoms with Gasteiger partial charge in [-0.05, 0) is 31.0 Å². The predicted molar refractivity (Wildman–Crippen MR) is 66.8 cm³/mol. The second-order valence-corrected chi connectivity index (χ2v) is 4.66. The van der Waals surface area contributed by atoms with Crippen molar-refractivity contribution in [1.29, 1.82) is 0 Å². The van der Waals surface area contributed by atoms with Gasteiger partial charge in [0.2, 0.25) is 0 Å². The summed E-state index contributed by atoms with van der Waals surface area (Å²) in [6, 6.07) is 2.00. The molecule has 16 heavy (non-hydrogen) atoms. The van der Waals surface area contributed by atoms with E-state index in [0.717, 1.165) is 27.0 Å². The second kappa shape index (κ2) is 4.55. The summed E-state index contributed by atoms with van der Waals surface area (Å²) in [5.74, 6) is 0.734. The molecule has 2 rings (SSSR count). The molecule has 0 unspecified atom stereocenters. The number of ether oxygens (including phenoxy) is 1. The van der Waals surface area contributed by atoms with Gasteiger partial charge in [0.05, 0.1) is 6.61 Å². The van der Waals surface area contributed by atoms with E-state index in [4.69, 9.17) is 9.15 Å². The SMILES string of the molecule is COCCc1nc2cc(Br)c(C)c(C)c2o1. The van der Waals surface area contributed by atoms with E-state index in [1.165, 1.54) is 5.56 Å². The van der Waals surface area contributed by atoms with Crippen molar-refractivity contribution in [2.75, 3.05) is 13.7 Å². The van der Waals surface area contributed by atoms with Gasteiger partial charge in [-0.2, -0.15) is 0 Å². The quantitative estimate of drug-likeness (QED) is 0.866. The maximum Gasteiger partial charge on any atom is 0.197 e. The number of halogens is 1. The van der Waals surface area contributed by atoms with Gasteiger partial charge < -0.3 is 9.15 Å². The smallest absolute Gasteiger partial charge is 0.197 e. The lowest BCUT2D eigenvalue weighted by Gasteiger charge is -2.01. The molecule has 2 aromatic rings. The lowest BCUT2D eigenvalue weighted by Crippen LogP contribution is -1.93. The van der Waals surface area contributed by atoms with Crippen molar-refractivity contribution in [1.82, 2.24) is 4.98 Å². The standard InChI is InChI=1S/C12H14BrNO2/c1-7-8(2)12-10(6-9(7)13)14-11(16-12)4-5-15-3/h6H,4-5H2,1-3H3. The Morgan fingerprint density at radius 3 is 2.81 bits per heavy atom. The van der Waals surface area contributed by atoms with E-state index in [1.54, 1.807) is 7.11 Å². The Morgan fingerprint density at radius 2 is 2.12 bits per heavy atom. The normalized spacial score (nSPS) is 11.2. The van der Waals surface area contributed by atoms with Crippen molar-refractivity contribution < 1.29 is 9.15 Å². The van der Waals surface area contributed by atoms with E-state index in [2.05, 4.69) is 27.8 Å². The van der Waals surface area contributed by atoms with Crippen LogP contribution in [0.15, 0.2) is 15.0 Å². The van der Waals surface area contributed by atoms with Crippen molar-refractivity contribution in [2.45, 2.75) is 20.3 Å². The van der Waals surface area contributed by atoms with Crippen LogP contribution in [0, 0.1) is 13.8 Å². The molecule has 1 aromatic carbocycles. The number of methoxy groups -OCH3 is 1. The molecule has 3 nitrogen and oxygen atoms in total. The first-order valence-corrected chi connectivity index (χ1v) is 5.97. The van der Waals surface area contributed by atoms with Gasteiger partial charge in [-0.25, -0.2) is 4.98 Å². The average molecular weight is 284 g/mol. The summed E-state index contributed by atoms with van der Waals surface area (Å²) in [5.41, 5.74) is 4.12. The zero-order chi connectivity index (χ0) is 11.7. The summed E-state index contributed by atoms with van der Waals surface area (Å²) in [5, 5.41) is 0. The van der Waals surface area contributed by atoms with E-state index >= 15 is 0 Å². The average Bonchev–Trinajstić information content (AvgIpc) is 2.66. The molecule has 4 heteroatoms. The highest BCUT2D eigenvalue weighted by Crippen LogP contribution is 2.28. The van der Waals surface area contributed by atoms with Crippen LogP contribution in [-0.2, 0) is 11.2 Å². The van der Waals surface area contributed by atoms with Crippen LogP contribution in [0.3, 0.4) is 0 Å². The monoisotopic (exact) mass is 283 g/mol. The number of rotatable bonds is 3. The Hall–Kier alpha value is -0.870. The van der Waals surface area contributed by atoms with Crippen LogP contribution < -0.4 is 0 Å². The fourth-order valence-corrected chi connectivity index (χ4v) is 2.13. The molecule has 1 aromatic heterocycles. The van der Waals surface area contributed by atoms with E-state index < -0.39 is 0 Å². The van der Waals surface area contributed by atoms with Crippen LogP contribution in [0.5, 0.6) is 0 Å². The van der Waals surface area contributed by atoms with Crippen LogP contribution >= 0.6 is 15.9 Å². The number of aromatic nitrogens is 1. The number of nitrogens with zero attached hydrogens (tertiary/aromatic N) is 1. The maximum absolute atomic E-state index is 5.72. The molecular weight excluding hydrogens is 270 g/mol. The van der Waals surface area contributed by atoms with Crippen molar-refractivity contribution in [3.63, 3.8) is 0 Å². The number of oxazole rings is 1. The molecule has 86 valence electrons. The number of hydrogen-bond acceptors (Lipinski definition) is 3. The number of hydrogen-bond donors (Lipinski definition) is 0. The first kappa shape index (κ1) is 11.6. The summed E-state index contributed by atoms with van der Waals surface area (Å²) < 4.78 is 11.8. The Balaban J connectivity index is 2.49. The second-order valence-electron chi connectivity index (χ2n) is 3.81. The molecule has 0 amide bonds. The van der Waals surface area contributed by atoms with E-state index in [0.29, 0.717) is 13.0 Å². The first-order valence-electron chi connectivity index (χ1n) is 5.17. The van der Waals surface area contributed by atoms with Gasteiger partial charge in [0.15, 0.2) is 11.5 Å². The third kappa shape index (κ3) is 1.99. The van der Waals surface area contributed by atoms with Crippen molar-refractivity contribution >= 4 is 27.0 Å². The highest BCUT2D eigenvalue weighted by atomic mass is 79.9. The minimum Gasteiger partial charge on any atom is -0.440 e. The molecule has 0 bridgehead atoms. The molecule has 0 spiro atoms. The minimum absolute atomic E-state index is 0.631. The summed E-state index contributed by atoms with van der Waals surface area (Å²) in [4.78, 5) is 4.44. The van der Waals surface area contributed by atoms with Gasteiger partial charge in [-0.1, -0.05) is 15.9 Å². The molecular formula is C12H14BrNO2. The minimum atomic E-state index is 0.631. The molecule has 0 fully saturated rings. The lowest BCUT2D eigenvalue weighted by atomic mass is 10.1. The van der Waals surface area contributed by atoms with Gasteiger partial charge in [0.25, 0.3) is 0 Å². The molecule has 0 saturated carbocycles. The van der Waals surface area contributed by atoms with Crippen LogP contribution in [0.4, 0.5) is 0 Å². The van der Waals surface area contributed by atoms with E-state index in [9.17, 15) is 0 Å². The Morgan fingerprint density at radius 1 is 1.38 bits per heavy atom. The molecule has 0 aliphatic carbocycles. The van der Waals surface area contributed by atoms with Crippen molar-refractivity contribution in [3.05, 3.63) is 27.6 Å². The Labute approximate surface area is 103 Å². The summed E-state index contributed by atoms with van der Waals surface area (Å²) in [7, 11) is 1.68. The third-order valence-corrected chi connectivity index (χ3v) is 3.57. The van der Waals surface area contributed by atoms with Gasteiger partial charge in [0, 0.05) is 18.0 Å². The highest BCUT2D eigenvalue weighted by molar-refractivity contribution is 9.10. The molecule has 0 aliphatic heterocycles. The van der Waals surface area contributed by atoms with Crippen molar-refractivity contribution in [3.8, 4) is 0 Å². The summed E-state index contributed by atoms with van der Waals surface area (Å²) in [6.07, 6.45) is 0.710. The number of aryl methyl sites for hydroxylation is 1. The zero-order valence-electron chi connectivity index (χ0n) is 9.63. The predicted octanol–water partition coefficient (Wildman–Crippen LogP) is 3.40. The molecule has 0 saturated heterocycles. The summed E-state index contributed by atoms with van der Waals surface area (Å²) >= 11 is 3.52. The van der Waals surface area contributed by atoms with Crippen molar-refractivity contribution in [2.24, 2.45) is 0 Å². The Kier molecular flexibility index (Phi) is 3.30. The molecule has 0 N–H and O–H groups in total. The number of benzene rings is 1. The molecule has 0 radical (unpaired) electrons. The fraction of sp³-hybridized carbons (Fsp3) is 0.417. The largest absolute Gasteiger partial charge is 0.440 e. The van der Waals surface area contributed by atoms with Gasteiger partial charge in [-0.15, -0.1) is 0 Å². The van der Waals surface area contributed by atoms with Crippen LogP contribution in [0.1, 0.15) is 17.0 Å². The summed E-state index contributed by atoms with van der Waals surface area (Å²) in [6.45, 7) is 4.75. The van der Waals surface area contributed by atoms with Gasteiger partial charge >= 0.3 is 0 Å². The van der Waals surface area contributed by atoms with E-state index in [-0.39, 0.29) is 0 Å². The maximum atomic E-state index is 5.72. The zero-order valence-corrected chi connectivity index (χ0v) is 11.2. The van der Waals surface area contributed by atoms with E-state index in [1.807, 2.05) is 13.0 Å². The van der Waals surface area contributed by atoms with Gasteiger partial charge in [0.1, 0.15) is 5.52 Å². The lowest BCUT2D eigenvalue weighted by molar-refractivity contribution is 0.196. The Bertz CT molecular complexity index is 519. The molecule has 0 aliphatic rings. The topological polar surface area (TPSA) is 35.3 Å².